The highest BCUT2D eigenvalue weighted by Crippen LogP contribution is 2.49. The van der Waals surface area contributed by atoms with Gasteiger partial charge in [0.05, 0.1) is 21.6 Å². The van der Waals surface area contributed by atoms with Gasteiger partial charge in [0, 0.05) is 25.6 Å². The first-order chi connectivity index (χ1) is 26.9. The van der Waals surface area contributed by atoms with Crippen LogP contribution in [0, 0.1) is 11.2 Å². The van der Waals surface area contributed by atoms with E-state index < -0.39 is 81.2 Å². The van der Waals surface area contributed by atoms with Gasteiger partial charge in [0.15, 0.2) is 27.2 Å². The molecular weight excluding hydrogens is 816 g/mol. The molecule has 1 aliphatic carbocycles. The molecule has 5 rings (SSSR count). The largest absolute Gasteiger partial charge is 0.447 e. The molecule has 0 saturated heterocycles. The minimum Gasteiger partial charge on any atom is -0.447 e. The quantitative estimate of drug-likeness (QED) is 0.0821. The number of amidine groups is 1. The average molecular weight is 856 g/mol. The van der Waals surface area contributed by atoms with Crippen LogP contribution in [0.25, 0.3) is 11.1 Å². The molecule has 0 unspecified atom stereocenters. The minimum atomic E-state index is -4.78. The molecular formula is C38H40ClF6N7O5S. The maximum absolute atomic E-state index is 16.1. The van der Waals surface area contributed by atoms with Crippen LogP contribution in [0.4, 0.5) is 36.8 Å². The van der Waals surface area contributed by atoms with Crippen LogP contribution in [0.1, 0.15) is 57.2 Å². The Balaban J connectivity index is 1.62. The third-order valence-electron chi connectivity index (χ3n) is 9.61. The number of hydrazone groups is 1. The molecule has 1 aliphatic heterocycles. The molecule has 0 bridgehead atoms. The number of hydrogen-bond donors (Lipinski definition) is 2. The molecule has 312 valence electrons. The first-order valence-electron chi connectivity index (χ1n) is 17.5. The number of amides is 2. The first-order valence-corrected chi connectivity index (χ1v) is 19.8. The zero-order chi connectivity index (χ0) is 43.2. The number of anilines is 1. The number of ether oxygens (including phenoxy) is 1. The molecule has 0 spiro atoms. The van der Waals surface area contributed by atoms with E-state index >= 15 is 9.18 Å². The van der Waals surface area contributed by atoms with Crippen LogP contribution < -0.4 is 16.1 Å². The lowest BCUT2D eigenvalue weighted by Crippen LogP contribution is -2.50. The Kier molecular flexibility index (Phi) is 12.0. The van der Waals surface area contributed by atoms with Crippen LogP contribution in [0.2, 0.25) is 5.02 Å². The summed E-state index contributed by atoms with van der Waals surface area (Å²) >= 11 is 6.42. The molecule has 0 radical (unpaired) electrons. The maximum atomic E-state index is 16.1. The Morgan fingerprint density at radius 1 is 1.12 bits per heavy atom. The van der Waals surface area contributed by atoms with E-state index in [0.717, 1.165) is 24.3 Å². The standard InChI is InChI=1S/C38H40ClF6N7O5S/c1-35(2,3)20-37(23-11-12-25(27(40)18-23)21-8-7-9-24(16-21)58(6,55)56)32(53)51(33(46)49-37)29(19-57-34(54)50-36(14-15-36)38(43,44)45)22-10-13-26(39)28(17-22)52(48-5)31(47-4)30(41)42/h7-13,16-18,29-30H,5,14-15,19-20H2,1-4,6H3,(H2,46,49)(H,50,54)/t29-,37-/m1/s1. The van der Waals surface area contributed by atoms with Crippen LogP contribution in [0.15, 0.2) is 80.6 Å². The number of nitrogens with zero attached hydrogens (tertiary/aromatic N) is 5. The van der Waals surface area contributed by atoms with Crippen molar-refractivity contribution in [2.24, 2.45) is 26.2 Å². The monoisotopic (exact) mass is 855 g/mol. The number of alkyl halides is 5. The summed E-state index contributed by atoms with van der Waals surface area (Å²) in [5.74, 6) is -3.01. The minimum absolute atomic E-state index is 0.0110. The highest BCUT2D eigenvalue weighted by molar-refractivity contribution is 7.90. The summed E-state index contributed by atoms with van der Waals surface area (Å²) in [5.41, 5.74) is 1.47. The Labute approximate surface area is 335 Å². The second-order valence-corrected chi connectivity index (χ2v) is 17.5. The van der Waals surface area contributed by atoms with Crippen molar-refractivity contribution in [2.75, 3.05) is 24.9 Å². The van der Waals surface area contributed by atoms with Crippen LogP contribution in [-0.2, 0) is 24.9 Å². The molecule has 1 fully saturated rings. The molecule has 0 aromatic heterocycles. The molecule has 1 heterocycles. The molecule has 3 N–H and O–H groups in total. The topological polar surface area (TPSA) is 159 Å². The molecule has 2 atom stereocenters. The van der Waals surface area contributed by atoms with Gasteiger partial charge < -0.3 is 15.8 Å². The van der Waals surface area contributed by atoms with Gasteiger partial charge in [0.25, 0.3) is 12.3 Å². The number of carbonyl (C=O) groups is 2. The molecule has 12 nitrogen and oxygen atoms in total. The number of aliphatic imine (C=N–C) groups is 2. The van der Waals surface area contributed by atoms with Gasteiger partial charge in [-0.2, -0.15) is 18.3 Å². The Hall–Kier alpha value is -5.17. The summed E-state index contributed by atoms with van der Waals surface area (Å²) in [5, 5.41) is 5.98. The number of guanidine groups is 1. The first kappa shape index (κ1) is 43.9. The van der Waals surface area contributed by atoms with E-state index in [1.54, 1.807) is 20.8 Å². The van der Waals surface area contributed by atoms with Gasteiger partial charge in [-0.05, 0) is 71.7 Å². The van der Waals surface area contributed by atoms with E-state index in [4.69, 9.17) is 22.1 Å². The van der Waals surface area contributed by atoms with Crippen LogP contribution in [0.5, 0.6) is 0 Å². The van der Waals surface area contributed by atoms with Crippen LogP contribution in [0.3, 0.4) is 0 Å². The number of alkyl carbamates (subject to hydrolysis) is 1. The van der Waals surface area contributed by atoms with Gasteiger partial charge in [-0.25, -0.2) is 36.4 Å². The normalized spacial score (nSPS) is 18.8. The van der Waals surface area contributed by atoms with E-state index in [0.29, 0.717) is 5.01 Å². The van der Waals surface area contributed by atoms with E-state index in [9.17, 15) is 35.2 Å². The van der Waals surface area contributed by atoms with E-state index in [-0.39, 0.29) is 57.1 Å². The molecule has 1 saturated carbocycles. The van der Waals surface area contributed by atoms with Crippen molar-refractivity contribution >= 4 is 57.6 Å². The number of rotatable bonds is 12. The van der Waals surface area contributed by atoms with Crippen molar-refractivity contribution in [3.8, 4) is 11.1 Å². The van der Waals surface area contributed by atoms with Gasteiger partial charge in [-0.1, -0.05) is 62.7 Å². The zero-order valence-corrected chi connectivity index (χ0v) is 33.4. The fourth-order valence-corrected chi connectivity index (χ4v) is 7.61. The number of nitrogens with two attached hydrogens (primary N) is 1. The maximum Gasteiger partial charge on any atom is 0.411 e. The van der Waals surface area contributed by atoms with E-state index in [2.05, 4.69) is 21.8 Å². The molecule has 2 aliphatic rings. The summed E-state index contributed by atoms with van der Waals surface area (Å²) in [6, 6.07) is 11.8. The van der Waals surface area contributed by atoms with Gasteiger partial charge in [0.2, 0.25) is 0 Å². The lowest BCUT2D eigenvalue weighted by atomic mass is 9.75. The van der Waals surface area contributed by atoms with Gasteiger partial charge >= 0.3 is 12.3 Å². The average Bonchev–Trinajstić information content (AvgIpc) is 3.87. The smallest absolute Gasteiger partial charge is 0.411 e. The van der Waals surface area contributed by atoms with Crippen molar-refractivity contribution in [1.82, 2.24) is 10.2 Å². The van der Waals surface area contributed by atoms with Gasteiger partial charge in [-0.3, -0.25) is 14.7 Å². The van der Waals surface area contributed by atoms with Gasteiger partial charge in [-0.15, -0.1) is 0 Å². The molecule has 3 aromatic carbocycles. The number of nitrogens with one attached hydrogen (secondary N) is 1. The molecule has 58 heavy (non-hydrogen) atoms. The SMILES string of the molecule is C=NN(C(=NC)C(F)F)c1cc([C@@H](COC(=O)NC2(C(F)(F)F)CC2)N2C(=O)[C@@](CC(C)(C)C)(c3ccc(-c4cccc(S(C)(=O)=O)c4)c(F)c3)N=C2N)ccc1Cl. The van der Waals surface area contributed by atoms with Crippen molar-refractivity contribution in [1.29, 1.82) is 0 Å². The number of halogens is 7. The summed E-state index contributed by atoms with van der Waals surface area (Å²) < 4.78 is 115. The summed E-state index contributed by atoms with van der Waals surface area (Å²) in [4.78, 5) is 37.0. The summed E-state index contributed by atoms with van der Waals surface area (Å²) in [6.07, 6.45) is -9.25. The summed E-state index contributed by atoms with van der Waals surface area (Å²) in [7, 11) is -2.56. The fraction of sp³-hybridized carbons (Fsp3) is 0.395. The predicted octanol–water partition coefficient (Wildman–Crippen LogP) is 7.62. The molecule has 3 aromatic rings. The van der Waals surface area contributed by atoms with Crippen molar-refractivity contribution in [2.45, 2.75) is 74.7 Å². The Bertz CT molecular complexity index is 2300. The fourth-order valence-electron chi connectivity index (χ4n) is 6.74. The number of hydrogen-bond acceptors (Lipinski definition) is 9. The highest BCUT2D eigenvalue weighted by atomic mass is 35.5. The lowest BCUT2D eigenvalue weighted by Gasteiger charge is -2.35. The molecule has 2 amide bonds. The van der Waals surface area contributed by atoms with Crippen molar-refractivity contribution in [3.63, 3.8) is 0 Å². The van der Waals surface area contributed by atoms with E-state index in [1.165, 1.54) is 54.6 Å². The van der Waals surface area contributed by atoms with E-state index in [1.807, 2.05) is 5.32 Å². The summed E-state index contributed by atoms with van der Waals surface area (Å²) in [6.45, 7) is 7.85. The second kappa shape index (κ2) is 15.9. The lowest BCUT2D eigenvalue weighted by molar-refractivity contribution is -0.164. The number of sulfone groups is 1. The Morgan fingerprint density at radius 3 is 2.33 bits per heavy atom. The van der Waals surface area contributed by atoms with Crippen molar-refractivity contribution in [3.05, 3.63) is 82.6 Å². The third-order valence-corrected chi connectivity index (χ3v) is 11.0. The van der Waals surface area contributed by atoms with Crippen LogP contribution in [-0.4, -0.2) is 81.9 Å². The number of carbonyl (C=O) groups excluding carboxylic acids is 2. The second-order valence-electron chi connectivity index (χ2n) is 15.1. The Morgan fingerprint density at radius 2 is 1.79 bits per heavy atom. The van der Waals surface area contributed by atoms with Crippen LogP contribution >= 0.6 is 11.6 Å². The molecule has 20 heteroatoms. The zero-order valence-electron chi connectivity index (χ0n) is 31.9. The number of benzene rings is 3. The van der Waals surface area contributed by atoms with Gasteiger partial charge in [0.1, 0.15) is 18.0 Å². The third kappa shape index (κ3) is 8.79. The highest BCUT2D eigenvalue weighted by Gasteiger charge is 2.64. The predicted molar refractivity (Wildman–Crippen MR) is 207 cm³/mol. The van der Waals surface area contributed by atoms with Crippen molar-refractivity contribution < 1.29 is 49.1 Å².